The van der Waals surface area contributed by atoms with Crippen LogP contribution in [0.5, 0.6) is 17.2 Å². The van der Waals surface area contributed by atoms with E-state index in [2.05, 4.69) is 5.16 Å². The van der Waals surface area contributed by atoms with E-state index >= 15 is 0 Å². The fraction of sp³-hybridized carbons (Fsp3) is 0.188. The molecule has 0 saturated heterocycles. The molecule has 0 fully saturated rings. The summed E-state index contributed by atoms with van der Waals surface area (Å²) in [5.74, 6) is 2.08. The lowest BCUT2D eigenvalue weighted by Crippen LogP contribution is -2.14. The number of hydrogen-bond acceptors (Lipinski definition) is 4. The SMILES string of the molecule is CCOc1ccccc1Oc1ccc(/C(N)=N/O)c(C)c1. The molecule has 0 unspecified atom stereocenters. The zero-order valence-corrected chi connectivity index (χ0v) is 12.0. The van der Waals surface area contributed by atoms with Crippen LogP contribution in [-0.4, -0.2) is 17.6 Å². The Labute approximate surface area is 123 Å². The molecule has 0 aromatic heterocycles. The Bertz CT molecular complexity index is 654. The summed E-state index contributed by atoms with van der Waals surface area (Å²) in [6, 6.07) is 12.8. The molecule has 5 heteroatoms. The predicted molar refractivity (Wildman–Crippen MR) is 81.4 cm³/mol. The minimum Gasteiger partial charge on any atom is -0.490 e. The van der Waals surface area contributed by atoms with Crippen molar-refractivity contribution in [2.45, 2.75) is 13.8 Å². The van der Waals surface area contributed by atoms with Gasteiger partial charge >= 0.3 is 0 Å². The molecule has 3 N–H and O–H groups in total. The maximum Gasteiger partial charge on any atom is 0.170 e. The number of para-hydroxylation sites is 2. The molecule has 0 aliphatic rings. The molecular formula is C16H18N2O3. The third-order valence-corrected chi connectivity index (χ3v) is 2.96. The zero-order chi connectivity index (χ0) is 15.2. The molecular weight excluding hydrogens is 268 g/mol. The van der Waals surface area contributed by atoms with Crippen LogP contribution in [0.15, 0.2) is 47.6 Å². The fourth-order valence-corrected chi connectivity index (χ4v) is 1.98. The third-order valence-electron chi connectivity index (χ3n) is 2.96. The quantitative estimate of drug-likeness (QED) is 0.383. The second-order valence-corrected chi connectivity index (χ2v) is 4.44. The van der Waals surface area contributed by atoms with Gasteiger partial charge < -0.3 is 20.4 Å². The van der Waals surface area contributed by atoms with Crippen LogP contribution in [0.2, 0.25) is 0 Å². The van der Waals surface area contributed by atoms with E-state index in [0.717, 1.165) is 5.56 Å². The molecule has 5 nitrogen and oxygen atoms in total. The Kier molecular flexibility index (Phi) is 4.66. The summed E-state index contributed by atoms with van der Waals surface area (Å²) in [5.41, 5.74) is 7.13. The molecule has 0 atom stereocenters. The van der Waals surface area contributed by atoms with Crippen LogP contribution in [0.1, 0.15) is 18.1 Å². The van der Waals surface area contributed by atoms with Gasteiger partial charge in [-0.1, -0.05) is 17.3 Å². The Morgan fingerprint density at radius 1 is 1.19 bits per heavy atom. The summed E-state index contributed by atoms with van der Waals surface area (Å²) in [7, 11) is 0. The van der Waals surface area contributed by atoms with Gasteiger partial charge in [-0.25, -0.2) is 0 Å². The van der Waals surface area contributed by atoms with Gasteiger partial charge in [0.15, 0.2) is 17.3 Å². The lowest BCUT2D eigenvalue weighted by Gasteiger charge is -2.12. The van der Waals surface area contributed by atoms with Crippen molar-refractivity contribution in [2.24, 2.45) is 10.9 Å². The number of nitrogens with two attached hydrogens (primary N) is 1. The van der Waals surface area contributed by atoms with Crippen molar-refractivity contribution >= 4 is 5.84 Å². The maximum absolute atomic E-state index is 8.73. The molecule has 0 saturated carbocycles. The molecule has 0 amide bonds. The number of rotatable bonds is 5. The number of hydrogen-bond donors (Lipinski definition) is 2. The number of ether oxygens (including phenoxy) is 2. The van der Waals surface area contributed by atoms with Crippen LogP contribution < -0.4 is 15.2 Å². The Morgan fingerprint density at radius 3 is 2.52 bits per heavy atom. The van der Waals surface area contributed by atoms with Crippen LogP contribution in [0.25, 0.3) is 0 Å². The van der Waals surface area contributed by atoms with E-state index in [1.54, 1.807) is 12.1 Å². The minimum atomic E-state index is 0.0776. The smallest absolute Gasteiger partial charge is 0.170 e. The maximum atomic E-state index is 8.73. The molecule has 2 aromatic carbocycles. The second kappa shape index (κ2) is 6.65. The van der Waals surface area contributed by atoms with Gasteiger partial charge in [0, 0.05) is 5.56 Å². The van der Waals surface area contributed by atoms with E-state index in [0.29, 0.717) is 29.4 Å². The van der Waals surface area contributed by atoms with E-state index in [-0.39, 0.29) is 5.84 Å². The summed E-state index contributed by atoms with van der Waals surface area (Å²) in [6.07, 6.45) is 0. The van der Waals surface area contributed by atoms with E-state index < -0.39 is 0 Å². The molecule has 21 heavy (non-hydrogen) atoms. The first kappa shape index (κ1) is 14.7. The standard InChI is InChI=1S/C16H18N2O3/c1-3-20-14-6-4-5-7-15(14)21-12-8-9-13(11(2)10-12)16(17)18-19/h4-10,19H,3H2,1-2H3,(H2,17,18). The molecule has 0 aliphatic heterocycles. The Balaban J connectivity index is 2.27. The van der Waals surface area contributed by atoms with Crippen molar-refractivity contribution in [3.8, 4) is 17.2 Å². The van der Waals surface area contributed by atoms with Crippen LogP contribution in [0.4, 0.5) is 0 Å². The van der Waals surface area contributed by atoms with Crippen molar-refractivity contribution in [1.82, 2.24) is 0 Å². The topological polar surface area (TPSA) is 77.1 Å². The van der Waals surface area contributed by atoms with Crippen LogP contribution in [0.3, 0.4) is 0 Å². The fourth-order valence-electron chi connectivity index (χ4n) is 1.98. The van der Waals surface area contributed by atoms with Gasteiger partial charge in [-0.3, -0.25) is 0 Å². The van der Waals surface area contributed by atoms with E-state index in [1.807, 2.05) is 44.2 Å². The summed E-state index contributed by atoms with van der Waals surface area (Å²) < 4.78 is 11.4. The van der Waals surface area contributed by atoms with Gasteiger partial charge in [-0.2, -0.15) is 0 Å². The highest BCUT2D eigenvalue weighted by molar-refractivity contribution is 5.98. The first-order valence-corrected chi connectivity index (χ1v) is 6.64. The molecule has 2 aromatic rings. The summed E-state index contributed by atoms with van der Waals surface area (Å²) in [4.78, 5) is 0. The Morgan fingerprint density at radius 2 is 1.90 bits per heavy atom. The first-order valence-electron chi connectivity index (χ1n) is 6.64. The third kappa shape index (κ3) is 3.45. The molecule has 0 spiro atoms. The summed E-state index contributed by atoms with van der Waals surface area (Å²) in [6.45, 7) is 4.36. The van der Waals surface area contributed by atoms with Gasteiger partial charge in [-0.15, -0.1) is 0 Å². The number of oxime groups is 1. The van der Waals surface area contributed by atoms with Gasteiger partial charge in [0.1, 0.15) is 5.75 Å². The molecule has 2 rings (SSSR count). The van der Waals surface area contributed by atoms with Crippen LogP contribution in [0, 0.1) is 6.92 Å². The lowest BCUT2D eigenvalue weighted by molar-refractivity contribution is 0.318. The van der Waals surface area contributed by atoms with Gasteiger partial charge in [0.2, 0.25) is 0 Å². The lowest BCUT2D eigenvalue weighted by atomic mass is 10.1. The van der Waals surface area contributed by atoms with Crippen molar-refractivity contribution < 1.29 is 14.7 Å². The van der Waals surface area contributed by atoms with Crippen molar-refractivity contribution in [2.75, 3.05) is 6.61 Å². The van der Waals surface area contributed by atoms with Crippen molar-refractivity contribution in [1.29, 1.82) is 0 Å². The van der Waals surface area contributed by atoms with Crippen molar-refractivity contribution in [3.05, 3.63) is 53.6 Å². The van der Waals surface area contributed by atoms with Crippen LogP contribution in [-0.2, 0) is 0 Å². The molecule has 0 heterocycles. The van der Waals surface area contributed by atoms with Gasteiger partial charge in [0.25, 0.3) is 0 Å². The summed E-state index contributed by atoms with van der Waals surface area (Å²) in [5, 5.41) is 11.7. The molecule has 0 bridgehead atoms. The number of benzene rings is 2. The highest BCUT2D eigenvalue weighted by atomic mass is 16.5. The molecule has 110 valence electrons. The average Bonchev–Trinajstić information content (AvgIpc) is 2.49. The van der Waals surface area contributed by atoms with E-state index in [9.17, 15) is 0 Å². The van der Waals surface area contributed by atoms with E-state index in [1.165, 1.54) is 0 Å². The highest BCUT2D eigenvalue weighted by Gasteiger charge is 2.08. The van der Waals surface area contributed by atoms with Crippen molar-refractivity contribution in [3.63, 3.8) is 0 Å². The van der Waals surface area contributed by atoms with E-state index in [4.69, 9.17) is 20.4 Å². The minimum absolute atomic E-state index is 0.0776. The molecule has 0 aliphatic carbocycles. The zero-order valence-electron chi connectivity index (χ0n) is 12.0. The summed E-state index contributed by atoms with van der Waals surface area (Å²) >= 11 is 0. The van der Waals surface area contributed by atoms with Gasteiger partial charge in [-0.05, 0) is 49.7 Å². The first-order chi connectivity index (χ1) is 10.2. The average molecular weight is 286 g/mol. The monoisotopic (exact) mass is 286 g/mol. The Hall–Kier alpha value is -2.69. The predicted octanol–water partition coefficient (Wildman–Crippen LogP) is 3.28. The normalized spacial score (nSPS) is 11.2. The highest BCUT2D eigenvalue weighted by Crippen LogP contribution is 2.31. The second-order valence-electron chi connectivity index (χ2n) is 4.44. The largest absolute Gasteiger partial charge is 0.490 e. The molecule has 0 radical (unpaired) electrons. The van der Waals surface area contributed by atoms with Gasteiger partial charge in [0.05, 0.1) is 6.61 Å². The number of aryl methyl sites for hydroxylation is 1. The van der Waals surface area contributed by atoms with Crippen LogP contribution >= 0.6 is 0 Å². The number of nitrogens with zero attached hydrogens (tertiary/aromatic N) is 1. The number of amidine groups is 1.